The van der Waals surface area contributed by atoms with Crippen LogP contribution in [0.3, 0.4) is 0 Å². The number of anilines is 1. The number of aromatic nitrogens is 5. The fraction of sp³-hybridized carbons (Fsp3) is 0.407. The lowest BCUT2D eigenvalue weighted by Crippen LogP contribution is -2.52. The predicted molar refractivity (Wildman–Crippen MR) is 139 cm³/mol. The van der Waals surface area contributed by atoms with Gasteiger partial charge in [-0.3, -0.25) is 19.2 Å². The summed E-state index contributed by atoms with van der Waals surface area (Å²) in [5, 5.41) is 10.1. The fourth-order valence-electron chi connectivity index (χ4n) is 5.85. The van der Waals surface area contributed by atoms with Crippen molar-refractivity contribution in [1.29, 1.82) is 0 Å². The molecule has 0 bridgehead atoms. The lowest BCUT2D eigenvalue weighted by Gasteiger charge is -2.32. The van der Waals surface area contributed by atoms with Gasteiger partial charge in [0.25, 0.3) is 5.91 Å². The van der Waals surface area contributed by atoms with Gasteiger partial charge >= 0.3 is 6.18 Å². The minimum atomic E-state index is -4.27. The molecular formula is C27H29F3N8O. The van der Waals surface area contributed by atoms with Crippen LogP contribution in [0.25, 0.3) is 16.8 Å². The van der Waals surface area contributed by atoms with Crippen LogP contribution in [0.15, 0.2) is 42.9 Å². The molecule has 204 valence electrons. The standard InChI is InChI=1S/C27H29F3N8O/c1-37-20-4-2-3-18(19(20)14-34-37)25-36-22(23-24(31)33-11-12-38(23)25)15-5-7-16(8-6-15)26(39)35-21-13-17(9-10-32-21)27(28,29)30/h5-8,11-12,14,17-18,21,32H,2-4,9-10,13H2,1H3,(H2,31,33)(H,35,39). The number of nitrogens with zero attached hydrogens (tertiary/aromatic N) is 5. The van der Waals surface area contributed by atoms with Gasteiger partial charge in [-0.05, 0) is 50.8 Å². The second kappa shape index (κ2) is 9.67. The lowest BCUT2D eigenvalue weighted by atomic mass is 9.86. The van der Waals surface area contributed by atoms with E-state index in [0.717, 1.165) is 36.2 Å². The van der Waals surface area contributed by atoms with Crippen molar-refractivity contribution in [2.45, 2.75) is 50.4 Å². The Bertz CT molecular complexity index is 1520. The number of nitrogen functional groups attached to an aromatic ring is 1. The maximum absolute atomic E-state index is 13.1. The Morgan fingerprint density at radius 3 is 2.77 bits per heavy atom. The number of fused-ring (bicyclic) bond motifs is 2. The molecule has 1 aromatic carbocycles. The fourth-order valence-corrected chi connectivity index (χ4v) is 5.85. The predicted octanol–water partition coefficient (Wildman–Crippen LogP) is 3.80. The number of alkyl halides is 3. The largest absolute Gasteiger partial charge is 0.391 e. The van der Waals surface area contributed by atoms with Crippen LogP contribution < -0.4 is 16.4 Å². The Morgan fingerprint density at radius 1 is 1.21 bits per heavy atom. The van der Waals surface area contributed by atoms with Crippen molar-refractivity contribution in [2.24, 2.45) is 13.0 Å². The summed E-state index contributed by atoms with van der Waals surface area (Å²) in [6.07, 6.45) is 3.15. The molecule has 4 heterocycles. The van der Waals surface area contributed by atoms with Gasteiger partial charge in [0.2, 0.25) is 0 Å². The van der Waals surface area contributed by atoms with Crippen LogP contribution >= 0.6 is 0 Å². The normalized spacial score (nSPS) is 21.6. The SMILES string of the molecule is Cn1ncc2c1CCCC2c1nc(-c2ccc(C(=O)NC3CC(C(F)(F)F)CCN3)cc2)c2c(N)nccn12. The number of rotatable bonds is 4. The molecule has 0 saturated carbocycles. The van der Waals surface area contributed by atoms with Gasteiger partial charge in [0.15, 0.2) is 0 Å². The Hall–Kier alpha value is -3.93. The highest BCUT2D eigenvalue weighted by Crippen LogP contribution is 2.39. The van der Waals surface area contributed by atoms with E-state index >= 15 is 0 Å². The Labute approximate surface area is 222 Å². The van der Waals surface area contributed by atoms with Gasteiger partial charge in [-0.1, -0.05) is 12.1 Å². The molecule has 9 nitrogen and oxygen atoms in total. The molecule has 6 rings (SSSR count). The summed E-state index contributed by atoms with van der Waals surface area (Å²) in [5.74, 6) is -0.616. The number of hydrogen-bond donors (Lipinski definition) is 3. The third-order valence-corrected chi connectivity index (χ3v) is 7.89. The van der Waals surface area contributed by atoms with Gasteiger partial charge in [-0.2, -0.15) is 18.3 Å². The number of nitrogens with two attached hydrogens (primary N) is 1. The van der Waals surface area contributed by atoms with Crippen molar-refractivity contribution in [3.8, 4) is 11.3 Å². The second-order valence-electron chi connectivity index (χ2n) is 10.3. The highest BCUT2D eigenvalue weighted by atomic mass is 19.4. The van der Waals surface area contributed by atoms with Crippen molar-refractivity contribution in [3.63, 3.8) is 0 Å². The smallest absolute Gasteiger partial charge is 0.382 e. The molecule has 1 aliphatic carbocycles. The third-order valence-electron chi connectivity index (χ3n) is 7.89. The monoisotopic (exact) mass is 538 g/mol. The average molecular weight is 539 g/mol. The average Bonchev–Trinajstić information content (AvgIpc) is 3.50. The van der Waals surface area contributed by atoms with Crippen LogP contribution in [0, 0.1) is 5.92 Å². The van der Waals surface area contributed by atoms with Crippen molar-refractivity contribution in [2.75, 3.05) is 12.3 Å². The number of imidazole rings is 1. The first-order valence-corrected chi connectivity index (χ1v) is 13.1. The van der Waals surface area contributed by atoms with Crippen LogP contribution in [0.4, 0.5) is 19.0 Å². The minimum Gasteiger partial charge on any atom is -0.382 e. The van der Waals surface area contributed by atoms with E-state index in [2.05, 4.69) is 20.7 Å². The molecule has 3 unspecified atom stereocenters. The van der Waals surface area contributed by atoms with Gasteiger partial charge < -0.3 is 11.1 Å². The summed E-state index contributed by atoms with van der Waals surface area (Å²) < 4.78 is 43.4. The van der Waals surface area contributed by atoms with Crippen molar-refractivity contribution >= 4 is 17.2 Å². The van der Waals surface area contributed by atoms with Gasteiger partial charge in [0.1, 0.15) is 22.9 Å². The zero-order chi connectivity index (χ0) is 27.3. The first-order chi connectivity index (χ1) is 18.7. The molecule has 4 aromatic rings. The molecule has 1 saturated heterocycles. The summed E-state index contributed by atoms with van der Waals surface area (Å²) in [7, 11) is 1.95. The molecule has 12 heteroatoms. The van der Waals surface area contributed by atoms with Gasteiger partial charge in [0, 0.05) is 47.7 Å². The highest BCUT2D eigenvalue weighted by molar-refractivity contribution is 5.95. The van der Waals surface area contributed by atoms with Gasteiger partial charge in [-0.15, -0.1) is 0 Å². The van der Waals surface area contributed by atoms with E-state index in [1.54, 1.807) is 30.5 Å². The zero-order valence-electron chi connectivity index (χ0n) is 21.4. The first kappa shape index (κ1) is 25.4. The van der Waals surface area contributed by atoms with E-state index < -0.39 is 24.2 Å². The van der Waals surface area contributed by atoms with Crippen LogP contribution in [-0.2, 0) is 13.5 Å². The van der Waals surface area contributed by atoms with Crippen molar-refractivity contribution in [3.05, 3.63) is 65.5 Å². The van der Waals surface area contributed by atoms with Crippen LogP contribution in [0.5, 0.6) is 0 Å². The van der Waals surface area contributed by atoms with Crippen molar-refractivity contribution < 1.29 is 18.0 Å². The molecule has 4 N–H and O–H groups in total. The molecule has 1 aliphatic heterocycles. The Morgan fingerprint density at radius 2 is 2.00 bits per heavy atom. The third kappa shape index (κ3) is 4.62. The molecule has 2 aliphatic rings. The minimum absolute atomic E-state index is 0.00606. The van der Waals surface area contributed by atoms with Crippen molar-refractivity contribution in [1.82, 2.24) is 34.8 Å². The maximum Gasteiger partial charge on any atom is 0.391 e. The number of halogens is 3. The second-order valence-corrected chi connectivity index (χ2v) is 10.3. The molecule has 3 aromatic heterocycles. The summed E-state index contributed by atoms with van der Waals surface area (Å²) in [4.78, 5) is 22.1. The molecule has 3 atom stereocenters. The number of carbonyl (C=O) groups is 1. The highest BCUT2D eigenvalue weighted by Gasteiger charge is 2.42. The van der Waals surface area contributed by atoms with E-state index in [9.17, 15) is 18.0 Å². The number of amides is 1. The van der Waals surface area contributed by atoms with Crippen LogP contribution in [0.1, 0.15) is 59.0 Å². The number of benzene rings is 1. The topological polar surface area (TPSA) is 115 Å². The van der Waals surface area contributed by atoms with E-state index in [4.69, 9.17) is 10.7 Å². The number of nitrogens with one attached hydrogen (secondary N) is 2. The number of aryl methyl sites for hydroxylation is 1. The number of piperidine rings is 1. The maximum atomic E-state index is 13.1. The Balaban J connectivity index is 1.28. The van der Waals surface area contributed by atoms with Crippen LogP contribution in [0.2, 0.25) is 0 Å². The summed E-state index contributed by atoms with van der Waals surface area (Å²) >= 11 is 0. The van der Waals surface area contributed by atoms with E-state index in [-0.39, 0.29) is 25.3 Å². The number of carbonyl (C=O) groups excluding carboxylic acids is 1. The molecule has 0 spiro atoms. The lowest BCUT2D eigenvalue weighted by molar-refractivity contribution is -0.183. The molecule has 1 amide bonds. The Kier molecular flexibility index (Phi) is 6.29. The number of hydrogen-bond acceptors (Lipinski definition) is 6. The molecular weight excluding hydrogens is 509 g/mol. The molecule has 39 heavy (non-hydrogen) atoms. The van der Waals surface area contributed by atoms with E-state index in [1.807, 2.05) is 28.5 Å². The first-order valence-electron chi connectivity index (χ1n) is 13.1. The van der Waals surface area contributed by atoms with E-state index in [0.29, 0.717) is 22.6 Å². The summed E-state index contributed by atoms with van der Waals surface area (Å²) in [6.45, 7) is 0.195. The molecule has 0 radical (unpaired) electrons. The zero-order valence-corrected chi connectivity index (χ0v) is 21.4. The summed E-state index contributed by atoms with van der Waals surface area (Å²) in [6, 6.07) is 6.84. The summed E-state index contributed by atoms with van der Waals surface area (Å²) in [5.41, 5.74) is 11.1. The van der Waals surface area contributed by atoms with Gasteiger partial charge in [-0.25, -0.2) is 9.97 Å². The van der Waals surface area contributed by atoms with Crippen LogP contribution in [-0.4, -0.2) is 48.9 Å². The molecule has 1 fully saturated rings. The quantitative estimate of drug-likeness (QED) is 0.364. The van der Waals surface area contributed by atoms with E-state index in [1.165, 1.54) is 5.69 Å². The van der Waals surface area contributed by atoms with Gasteiger partial charge in [0.05, 0.1) is 18.3 Å².